The van der Waals surface area contributed by atoms with Gasteiger partial charge < -0.3 is 15.1 Å². The number of nitrogens with zero attached hydrogens (tertiary/aromatic N) is 1. The molecule has 27 heavy (non-hydrogen) atoms. The van der Waals surface area contributed by atoms with Gasteiger partial charge in [-0.3, -0.25) is 9.59 Å². The standard InChI is InChI=1S/C22H15NO4/c24-16-9-5-14(6-10-16)23(15-7-11-17(25)12-8-15)20-13-21(26)18-3-1-2-4-19(18)22(20)27/h1-13,24-25H. The molecule has 3 aromatic rings. The third kappa shape index (κ3) is 2.95. The molecule has 5 nitrogen and oxygen atoms in total. The van der Waals surface area contributed by atoms with Crippen LogP contribution < -0.4 is 4.90 Å². The fourth-order valence-corrected chi connectivity index (χ4v) is 3.10. The van der Waals surface area contributed by atoms with E-state index in [0.29, 0.717) is 22.5 Å². The highest BCUT2D eigenvalue weighted by atomic mass is 16.3. The summed E-state index contributed by atoms with van der Waals surface area (Å²) in [6.45, 7) is 0. The number of benzene rings is 3. The minimum atomic E-state index is -0.272. The molecular weight excluding hydrogens is 342 g/mol. The fourth-order valence-electron chi connectivity index (χ4n) is 3.10. The molecule has 2 N–H and O–H groups in total. The Hall–Kier alpha value is -3.86. The van der Waals surface area contributed by atoms with E-state index in [9.17, 15) is 19.8 Å². The second-order valence-electron chi connectivity index (χ2n) is 6.14. The molecule has 0 atom stereocenters. The number of anilines is 2. The number of allylic oxidation sites excluding steroid dienone is 2. The number of hydrogen-bond donors (Lipinski definition) is 2. The van der Waals surface area contributed by atoms with E-state index in [0.717, 1.165) is 0 Å². The monoisotopic (exact) mass is 357 g/mol. The normalized spacial score (nSPS) is 13.1. The summed E-state index contributed by atoms with van der Waals surface area (Å²) in [4.78, 5) is 27.3. The topological polar surface area (TPSA) is 77.8 Å². The maximum Gasteiger partial charge on any atom is 0.210 e. The summed E-state index contributed by atoms with van der Waals surface area (Å²) >= 11 is 0. The highest BCUT2D eigenvalue weighted by Gasteiger charge is 2.30. The molecule has 0 saturated heterocycles. The van der Waals surface area contributed by atoms with Crippen molar-refractivity contribution in [2.45, 2.75) is 0 Å². The van der Waals surface area contributed by atoms with Gasteiger partial charge in [-0.2, -0.15) is 0 Å². The zero-order valence-corrected chi connectivity index (χ0v) is 14.2. The van der Waals surface area contributed by atoms with Gasteiger partial charge in [-0.05, 0) is 48.5 Å². The first-order valence-corrected chi connectivity index (χ1v) is 8.32. The number of carbonyl (C=O) groups is 2. The van der Waals surface area contributed by atoms with E-state index in [-0.39, 0.29) is 28.8 Å². The minimum absolute atomic E-state index is 0.0924. The highest BCUT2D eigenvalue weighted by molar-refractivity contribution is 6.26. The summed E-state index contributed by atoms with van der Waals surface area (Å²) in [6.07, 6.45) is 1.32. The van der Waals surface area contributed by atoms with Crippen LogP contribution in [0.15, 0.2) is 84.6 Å². The summed E-state index contributed by atoms with van der Waals surface area (Å²) < 4.78 is 0. The van der Waals surface area contributed by atoms with Crippen LogP contribution in [0, 0.1) is 0 Å². The predicted molar refractivity (Wildman–Crippen MR) is 102 cm³/mol. The van der Waals surface area contributed by atoms with Crippen molar-refractivity contribution >= 4 is 22.9 Å². The SMILES string of the molecule is O=C1C=C(N(c2ccc(O)cc2)c2ccc(O)cc2)C(=O)c2ccccc21. The van der Waals surface area contributed by atoms with Crippen molar-refractivity contribution in [1.29, 1.82) is 0 Å². The average molecular weight is 357 g/mol. The molecule has 0 spiro atoms. The molecule has 0 saturated carbocycles. The van der Waals surface area contributed by atoms with Gasteiger partial charge in [-0.25, -0.2) is 0 Å². The van der Waals surface area contributed by atoms with Gasteiger partial charge in [0.15, 0.2) is 5.78 Å². The predicted octanol–water partition coefficient (Wildman–Crippen LogP) is 4.20. The first kappa shape index (κ1) is 16.6. The van der Waals surface area contributed by atoms with Gasteiger partial charge in [0.25, 0.3) is 0 Å². The summed E-state index contributed by atoms with van der Waals surface area (Å²) in [7, 11) is 0. The Kier molecular flexibility index (Phi) is 3.97. The van der Waals surface area contributed by atoms with Gasteiger partial charge in [0, 0.05) is 28.6 Å². The number of fused-ring (bicyclic) bond motifs is 1. The molecule has 3 aromatic carbocycles. The van der Waals surface area contributed by atoms with Gasteiger partial charge in [0.05, 0.1) is 5.70 Å². The van der Waals surface area contributed by atoms with Gasteiger partial charge in [0.1, 0.15) is 11.5 Å². The lowest BCUT2D eigenvalue weighted by molar-refractivity contribution is 0.0983. The molecule has 0 fully saturated rings. The molecule has 0 aliphatic heterocycles. The van der Waals surface area contributed by atoms with E-state index in [1.54, 1.807) is 53.4 Å². The van der Waals surface area contributed by atoms with Crippen LogP contribution in [0.4, 0.5) is 11.4 Å². The van der Waals surface area contributed by atoms with Crippen LogP contribution in [0.1, 0.15) is 20.7 Å². The molecule has 132 valence electrons. The van der Waals surface area contributed by atoms with E-state index in [4.69, 9.17) is 0 Å². The Balaban J connectivity index is 1.89. The number of aromatic hydroxyl groups is 2. The van der Waals surface area contributed by atoms with Crippen molar-refractivity contribution in [2.75, 3.05) is 4.90 Å². The molecule has 4 rings (SSSR count). The van der Waals surface area contributed by atoms with Crippen molar-refractivity contribution in [2.24, 2.45) is 0 Å². The van der Waals surface area contributed by atoms with Crippen LogP contribution in [0.3, 0.4) is 0 Å². The van der Waals surface area contributed by atoms with Crippen LogP contribution in [0.5, 0.6) is 11.5 Å². The molecule has 0 unspecified atom stereocenters. The molecular formula is C22H15NO4. The van der Waals surface area contributed by atoms with Crippen molar-refractivity contribution in [3.8, 4) is 11.5 Å². The van der Waals surface area contributed by atoms with Crippen molar-refractivity contribution in [3.05, 3.63) is 95.7 Å². The molecule has 0 radical (unpaired) electrons. The van der Waals surface area contributed by atoms with Crippen molar-refractivity contribution < 1.29 is 19.8 Å². The van der Waals surface area contributed by atoms with E-state index in [1.165, 1.54) is 30.3 Å². The Morgan fingerprint density at radius 3 is 1.63 bits per heavy atom. The van der Waals surface area contributed by atoms with Crippen LogP contribution in [-0.4, -0.2) is 21.8 Å². The largest absolute Gasteiger partial charge is 0.508 e. The first-order valence-electron chi connectivity index (χ1n) is 8.32. The summed E-state index contributed by atoms with van der Waals surface area (Å²) in [5, 5.41) is 19.2. The first-order chi connectivity index (χ1) is 13.0. The molecule has 1 aliphatic carbocycles. The van der Waals surface area contributed by atoms with E-state index in [2.05, 4.69) is 0 Å². The highest BCUT2D eigenvalue weighted by Crippen LogP contribution is 2.35. The summed E-state index contributed by atoms with van der Waals surface area (Å²) in [5.41, 5.74) is 2.13. The molecule has 0 heterocycles. The quantitative estimate of drug-likeness (QED) is 0.735. The summed E-state index contributed by atoms with van der Waals surface area (Å²) in [6, 6.07) is 19.4. The van der Waals surface area contributed by atoms with Crippen LogP contribution >= 0.6 is 0 Å². The van der Waals surface area contributed by atoms with Crippen LogP contribution in [0.2, 0.25) is 0 Å². The van der Waals surface area contributed by atoms with E-state index >= 15 is 0 Å². The lowest BCUT2D eigenvalue weighted by Crippen LogP contribution is -2.28. The van der Waals surface area contributed by atoms with E-state index in [1.807, 2.05) is 0 Å². The second kappa shape index (κ2) is 6.46. The van der Waals surface area contributed by atoms with Crippen LogP contribution in [0.25, 0.3) is 0 Å². The van der Waals surface area contributed by atoms with Crippen molar-refractivity contribution in [1.82, 2.24) is 0 Å². The zero-order chi connectivity index (χ0) is 19.0. The minimum Gasteiger partial charge on any atom is -0.508 e. The lowest BCUT2D eigenvalue weighted by Gasteiger charge is -2.29. The Morgan fingerprint density at radius 1 is 0.630 bits per heavy atom. The van der Waals surface area contributed by atoms with Gasteiger partial charge in [-0.1, -0.05) is 24.3 Å². The number of ketones is 2. The third-order valence-electron chi connectivity index (χ3n) is 4.39. The Bertz CT molecular complexity index is 1020. The number of carbonyl (C=O) groups excluding carboxylic acids is 2. The third-order valence-corrected chi connectivity index (χ3v) is 4.39. The van der Waals surface area contributed by atoms with Gasteiger partial charge in [0.2, 0.25) is 5.78 Å². The smallest absolute Gasteiger partial charge is 0.210 e. The number of Topliss-reactive ketones (excluding diaryl/α,β-unsaturated/α-hetero) is 1. The molecule has 0 aromatic heterocycles. The van der Waals surface area contributed by atoms with Gasteiger partial charge >= 0.3 is 0 Å². The van der Waals surface area contributed by atoms with Crippen molar-refractivity contribution in [3.63, 3.8) is 0 Å². The molecule has 1 aliphatic rings. The number of phenolic OH excluding ortho intramolecular Hbond substituents is 2. The van der Waals surface area contributed by atoms with E-state index < -0.39 is 0 Å². The average Bonchev–Trinajstić information content (AvgIpc) is 2.69. The fraction of sp³-hybridized carbons (Fsp3) is 0. The maximum atomic E-state index is 13.1. The molecule has 5 heteroatoms. The molecule has 0 amide bonds. The zero-order valence-electron chi connectivity index (χ0n) is 14.2. The summed E-state index contributed by atoms with van der Waals surface area (Å²) in [5.74, 6) is -0.335. The molecule has 0 bridgehead atoms. The van der Waals surface area contributed by atoms with Crippen LogP contribution in [-0.2, 0) is 0 Å². The Labute approximate surface area is 155 Å². The van der Waals surface area contributed by atoms with Gasteiger partial charge in [-0.15, -0.1) is 0 Å². The maximum absolute atomic E-state index is 13.1. The number of hydrogen-bond acceptors (Lipinski definition) is 5. The number of phenols is 2. The second-order valence-corrected chi connectivity index (χ2v) is 6.14. The number of rotatable bonds is 3. The lowest BCUT2D eigenvalue weighted by atomic mass is 9.91. The Morgan fingerprint density at radius 2 is 1.11 bits per heavy atom.